The summed E-state index contributed by atoms with van der Waals surface area (Å²) in [6.45, 7) is 6.37. The topological polar surface area (TPSA) is 81.4 Å². The quantitative estimate of drug-likeness (QED) is 0.778. The summed E-state index contributed by atoms with van der Waals surface area (Å²) >= 11 is 0. The van der Waals surface area contributed by atoms with Gasteiger partial charge in [0.25, 0.3) is 5.78 Å². The number of aromatic nitrogens is 4. The Hall–Kier alpha value is -2.96. The minimum Gasteiger partial charge on any atom is -0.494 e. The zero-order valence-electron chi connectivity index (χ0n) is 13.9. The first kappa shape index (κ1) is 15.9. The molecule has 0 spiro atoms. The zero-order chi connectivity index (χ0) is 17.1. The Labute approximate surface area is 139 Å². The molecule has 0 atom stereocenters. The molecule has 0 aliphatic heterocycles. The van der Waals surface area contributed by atoms with Crippen molar-refractivity contribution in [3.63, 3.8) is 0 Å². The third-order valence-electron chi connectivity index (χ3n) is 3.43. The van der Waals surface area contributed by atoms with Crippen LogP contribution in [0.2, 0.25) is 0 Å². The highest BCUT2D eigenvalue weighted by atomic mass is 16.5. The lowest BCUT2D eigenvalue weighted by Gasteiger charge is -2.06. The number of anilines is 1. The van der Waals surface area contributed by atoms with Gasteiger partial charge in [-0.3, -0.25) is 4.79 Å². The molecule has 1 amide bonds. The summed E-state index contributed by atoms with van der Waals surface area (Å²) in [5, 5.41) is 7.16. The average molecular weight is 325 g/mol. The molecule has 0 saturated heterocycles. The van der Waals surface area contributed by atoms with Gasteiger partial charge in [0.1, 0.15) is 5.75 Å². The van der Waals surface area contributed by atoms with Gasteiger partial charge in [0.2, 0.25) is 5.91 Å². The largest absolute Gasteiger partial charge is 0.494 e. The van der Waals surface area contributed by atoms with Crippen molar-refractivity contribution in [2.45, 2.75) is 27.2 Å². The number of aryl methyl sites for hydroxylation is 2. The fourth-order valence-electron chi connectivity index (χ4n) is 2.43. The number of hydrogen-bond donors (Lipinski definition) is 1. The molecule has 2 aromatic heterocycles. The molecule has 1 N–H and O–H groups in total. The second kappa shape index (κ2) is 6.66. The fourth-order valence-corrected chi connectivity index (χ4v) is 2.43. The highest BCUT2D eigenvalue weighted by Crippen LogP contribution is 2.16. The van der Waals surface area contributed by atoms with E-state index in [4.69, 9.17) is 4.74 Å². The van der Waals surface area contributed by atoms with Crippen LogP contribution in [0.15, 0.2) is 30.3 Å². The van der Waals surface area contributed by atoms with Crippen molar-refractivity contribution in [2.24, 2.45) is 0 Å². The number of carbonyl (C=O) groups excluding carboxylic acids is 1. The summed E-state index contributed by atoms with van der Waals surface area (Å²) in [7, 11) is 0. The number of hydrogen-bond acceptors (Lipinski definition) is 5. The van der Waals surface area contributed by atoms with Crippen LogP contribution in [0.25, 0.3) is 5.78 Å². The number of fused-ring (bicyclic) bond motifs is 1. The fraction of sp³-hybridized carbons (Fsp3) is 0.294. The Morgan fingerprint density at radius 2 is 1.96 bits per heavy atom. The molecule has 7 nitrogen and oxygen atoms in total. The Morgan fingerprint density at radius 3 is 2.67 bits per heavy atom. The van der Waals surface area contributed by atoms with Crippen LogP contribution in [0, 0.1) is 13.8 Å². The predicted molar refractivity (Wildman–Crippen MR) is 90.2 cm³/mol. The predicted octanol–water partition coefficient (Wildman–Crippen LogP) is 2.32. The number of rotatable bonds is 5. The molecule has 0 bridgehead atoms. The van der Waals surface area contributed by atoms with Gasteiger partial charge < -0.3 is 10.1 Å². The van der Waals surface area contributed by atoms with Crippen molar-refractivity contribution in [2.75, 3.05) is 11.9 Å². The van der Waals surface area contributed by atoms with Crippen molar-refractivity contribution in [1.82, 2.24) is 19.6 Å². The van der Waals surface area contributed by atoms with Crippen molar-refractivity contribution in [3.8, 4) is 5.75 Å². The van der Waals surface area contributed by atoms with E-state index in [1.807, 2.05) is 39.0 Å². The molecule has 3 rings (SSSR count). The van der Waals surface area contributed by atoms with E-state index in [1.165, 1.54) is 0 Å². The van der Waals surface area contributed by atoms with Crippen LogP contribution in [0.5, 0.6) is 5.75 Å². The van der Waals surface area contributed by atoms with Crippen LogP contribution in [0.1, 0.15) is 24.1 Å². The second-order valence-corrected chi connectivity index (χ2v) is 5.46. The number of amides is 1. The summed E-state index contributed by atoms with van der Waals surface area (Å²) in [5.74, 6) is 1.55. The van der Waals surface area contributed by atoms with Gasteiger partial charge in [0, 0.05) is 17.1 Å². The van der Waals surface area contributed by atoms with Crippen LogP contribution < -0.4 is 10.1 Å². The van der Waals surface area contributed by atoms with E-state index in [1.54, 1.807) is 16.6 Å². The summed E-state index contributed by atoms with van der Waals surface area (Å²) in [4.78, 5) is 20.8. The van der Waals surface area contributed by atoms with Gasteiger partial charge in [-0.25, -0.2) is 9.50 Å². The first-order valence-electron chi connectivity index (χ1n) is 7.78. The minimum atomic E-state index is -0.176. The van der Waals surface area contributed by atoms with Gasteiger partial charge in [0.05, 0.1) is 13.0 Å². The number of nitrogens with one attached hydrogen (secondary N) is 1. The summed E-state index contributed by atoms with van der Waals surface area (Å²) in [5.41, 5.74) is 2.51. The van der Waals surface area contributed by atoms with Crippen LogP contribution in [0.3, 0.4) is 0 Å². The van der Waals surface area contributed by atoms with E-state index in [2.05, 4.69) is 20.4 Å². The Kier molecular flexibility index (Phi) is 4.41. The van der Waals surface area contributed by atoms with Crippen molar-refractivity contribution in [3.05, 3.63) is 47.5 Å². The van der Waals surface area contributed by atoms with E-state index in [9.17, 15) is 4.79 Å². The Bertz CT molecular complexity index is 871. The average Bonchev–Trinajstić information content (AvgIpc) is 2.92. The number of benzene rings is 1. The van der Waals surface area contributed by atoms with Gasteiger partial charge in [0.15, 0.2) is 5.82 Å². The maximum absolute atomic E-state index is 12.2. The molecule has 0 aliphatic carbocycles. The van der Waals surface area contributed by atoms with Gasteiger partial charge in [-0.05, 0) is 51.1 Å². The van der Waals surface area contributed by atoms with Crippen LogP contribution in [0.4, 0.5) is 5.69 Å². The minimum absolute atomic E-state index is 0.0923. The molecule has 1 aromatic carbocycles. The lowest BCUT2D eigenvalue weighted by Crippen LogP contribution is -2.15. The van der Waals surface area contributed by atoms with Crippen molar-refractivity contribution >= 4 is 17.4 Å². The molecule has 3 aromatic rings. The zero-order valence-corrected chi connectivity index (χ0v) is 13.9. The van der Waals surface area contributed by atoms with Crippen molar-refractivity contribution in [1.29, 1.82) is 0 Å². The molecule has 24 heavy (non-hydrogen) atoms. The molecule has 124 valence electrons. The van der Waals surface area contributed by atoms with Crippen LogP contribution >= 0.6 is 0 Å². The highest BCUT2D eigenvalue weighted by Gasteiger charge is 2.12. The van der Waals surface area contributed by atoms with Crippen LogP contribution in [-0.4, -0.2) is 32.1 Å². The van der Waals surface area contributed by atoms with E-state index >= 15 is 0 Å². The molecule has 7 heteroatoms. The van der Waals surface area contributed by atoms with E-state index in [0.717, 1.165) is 17.1 Å². The Morgan fingerprint density at radius 1 is 1.21 bits per heavy atom. The third kappa shape index (κ3) is 3.51. The molecule has 2 heterocycles. The summed E-state index contributed by atoms with van der Waals surface area (Å²) < 4.78 is 7.02. The molecule has 0 unspecified atom stereocenters. The van der Waals surface area contributed by atoms with E-state index < -0.39 is 0 Å². The lowest BCUT2D eigenvalue weighted by atomic mass is 10.3. The molecule has 0 saturated carbocycles. The molecule has 0 fully saturated rings. The lowest BCUT2D eigenvalue weighted by molar-refractivity contribution is -0.115. The first-order valence-corrected chi connectivity index (χ1v) is 7.78. The molecule has 0 aliphatic rings. The maximum Gasteiger partial charge on any atom is 0.252 e. The van der Waals surface area contributed by atoms with Gasteiger partial charge in [-0.15, -0.1) is 5.10 Å². The van der Waals surface area contributed by atoms with E-state index in [0.29, 0.717) is 23.9 Å². The normalized spacial score (nSPS) is 10.8. The Balaban J connectivity index is 1.69. The smallest absolute Gasteiger partial charge is 0.252 e. The maximum atomic E-state index is 12.2. The third-order valence-corrected chi connectivity index (χ3v) is 3.43. The molecular weight excluding hydrogens is 306 g/mol. The van der Waals surface area contributed by atoms with Gasteiger partial charge >= 0.3 is 0 Å². The second-order valence-electron chi connectivity index (χ2n) is 5.46. The molecule has 0 radical (unpaired) electrons. The van der Waals surface area contributed by atoms with Crippen LogP contribution in [-0.2, 0) is 11.2 Å². The first-order chi connectivity index (χ1) is 11.5. The highest BCUT2D eigenvalue weighted by molar-refractivity contribution is 5.91. The standard InChI is InChI=1S/C17H19N5O2/c1-4-24-14-7-5-13(6-8-14)19-16(23)10-15-20-17-18-11(2)9-12(3)22(17)21-15/h5-9H,4,10H2,1-3H3,(H,19,23). The number of nitrogens with zero attached hydrogens (tertiary/aromatic N) is 4. The van der Waals surface area contributed by atoms with Crippen molar-refractivity contribution < 1.29 is 9.53 Å². The summed E-state index contributed by atoms with van der Waals surface area (Å²) in [6.07, 6.45) is 0.0923. The van der Waals surface area contributed by atoms with Gasteiger partial charge in [-0.1, -0.05) is 0 Å². The van der Waals surface area contributed by atoms with E-state index in [-0.39, 0.29) is 12.3 Å². The summed E-state index contributed by atoms with van der Waals surface area (Å²) in [6, 6.07) is 9.16. The number of carbonyl (C=O) groups is 1. The SMILES string of the molecule is CCOc1ccc(NC(=O)Cc2nc3nc(C)cc(C)n3n2)cc1. The number of ether oxygens (including phenoxy) is 1. The van der Waals surface area contributed by atoms with Gasteiger partial charge in [-0.2, -0.15) is 4.98 Å². The monoisotopic (exact) mass is 325 g/mol. The molecular formula is C17H19N5O2.